The third-order valence-electron chi connectivity index (χ3n) is 5.35. The molecule has 1 aromatic carbocycles. The zero-order valence-electron chi connectivity index (χ0n) is 13.9. The number of sulfonamides is 1. The quantitative estimate of drug-likeness (QED) is 0.794. The highest BCUT2D eigenvalue weighted by molar-refractivity contribution is 7.89. The van der Waals surface area contributed by atoms with E-state index >= 15 is 0 Å². The molecule has 1 heterocycles. The van der Waals surface area contributed by atoms with Crippen molar-refractivity contribution in [3.05, 3.63) is 34.9 Å². The summed E-state index contributed by atoms with van der Waals surface area (Å²) in [6, 6.07) is 5.13. The third-order valence-corrected chi connectivity index (χ3v) is 7.75. The molecule has 1 unspecified atom stereocenters. The molecular weight excluding hydrogens is 310 g/mol. The molecule has 1 aliphatic heterocycles. The molecule has 4 nitrogen and oxygen atoms in total. The van der Waals surface area contributed by atoms with Crippen molar-refractivity contribution in [3.8, 4) is 0 Å². The maximum atomic E-state index is 12.9. The van der Waals surface area contributed by atoms with Gasteiger partial charge in [-0.3, -0.25) is 4.79 Å². The van der Waals surface area contributed by atoms with Gasteiger partial charge in [-0.1, -0.05) is 25.0 Å². The van der Waals surface area contributed by atoms with Crippen molar-refractivity contribution in [2.75, 3.05) is 6.54 Å². The number of benzene rings is 1. The van der Waals surface area contributed by atoms with Gasteiger partial charge in [-0.05, 0) is 56.7 Å². The zero-order chi connectivity index (χ0) is 16.6. The van der Waals surface area contributed by atoms with Crippen molar-refractivity contribution in [2.24, 2.45) is 0 Å². The van der Waals surface area contributed by atoms with E-state index in [2.05, 4.69) is 0 Å². The third kappa shape index (κ3) is 3.09. The molecule has 0 amide bonds. The Bertz CT molecular complexity index is 705. The molecule has 0 spiro atoms. The molecule has 126 valence electrons. The molecule has 1 aromatic rings. The summed E-state index contributed by atoms with van der Waals surface area (Å²) in [5, 5.41) is -0.282. The van der Waals surface area contributed by atoms with E-state index in [1.54, 1.807) is 0 Å². The highest BCUT2D eigenvalue weighted by atomic mass is 32.2. The second-order valence-corrected chi connectivity index (χ2v) is 9.05. The van der Waals surface area contributed by atoms with Gasteiger partial charge in [-0.15, -0.1) is 0 Å². The van der Waals surface area contributed by atoms with Crippen LogP contribution in [0.5, 0.6) is 0 Å². The first-order chi connectivity index (χ1) is 10.9. The zero-order valence-corrected chi connectivity index (χ0v) is 14.7. The van der Waals surface area contributed by atoms with Gasteiger partial charge in [0, 0.05) is 12.1 Å². The van der Waals surface area contributed by atoms with Crippen LogP contribution in [0.4, 0.5) is 0 Å². The Balaban J connectivity index is 1.86. The molecule has 5 heteroatoms. The van der Waals surface area contributed by atoms with Crippen molar-refractivity contribution in [2.45, 2.75) is 63.7 Å². The second-order valence-electron chi connectivity index (χ2n) is 6.88. The van der Waals surface area contributed by atoms with Gasteiger partial charge in [0.15, 0.2) is 5.78 Å². The van der Waals surface area contributed by atoms with Crippen LogP contribution in [0.15, 0.2) is 18.2 Å². The molecule has 1 aliphatic carbocycles. The number of rotatable bonds is 4. The largest absolute Gasteiger partial charge is 0.292 e. The number of Topliss-reactive ketones (excluding diaryl/α,β-unsaturated/α-hetero) is 1. The lowest BCUT2D eigenvalue weighted by molar-refractivity contribution is 0.0917. The smallest absolute Gasteiger partial charge is 0.217 e. The molecule has 2 aliphatic rings. The van der Waals surface area contributed by atoms with Crippen LogP contribution in [0.1, 0.15) is 60.0 Å². The van der Waals surface area contributed by atoms with Crippen LogP contribution in [0.25, 0.3) is 0 Å². The van der Waals surface area contributed by atoms with Gasteiger partial charge in [-0.25, -0.2) is 8.42 Å². The Morgan fingerprint density at radius 3 is 2.39 bits per heavy atom. The summed E-state index contributed by atoms with van der Waals surface area (Å²) in [5.41, 5.74) is 2.84. The minimum atomic E-state index is -3.35. The SMILES string of the molecule is Cc1ccc(C(=O)C2CCCN2S(=O)(=O)C2CCCC2)cc1C. The number of hydrogen-bond acceptors (Lipinski definition) is 3. The number of hydrogen-bond donors (Lipinski definition) is 0. The van der Waals surface area contributed by atoms with E-state index in [1.807, 2.05) is 32.0 Å². The Morgan fingerprint density at radius 1 is 1.04 bits per heavy atom. The van der Waals surface area contributed by atoms with Crippen LogP contribution < -0.4 is 0 Å². The molecule has 0 aromatic heterocycles. The highest BCUT2D eigenvalue weighted by Gasteiger charge is 2.43. The monoisotopic (exact) mass is 335 g/mol. The summed E-state index contributed by atoms with van der Waals surface area (Å²) in [6.45, 7) is 4.48. The topological polar surface area (TPSA) is 54.5 Å². The summed E-state index contributed by atoms with van der Waals surface area (Å²) in [5.74, 6) is -0.0489. The molecule has 1 saturated heterocycles. The van der Waals surface area contributed by atoms with Gasteiger partial charge in [0.25, 0.3) is 0 Å². The normalized spacial score (nSPS) is 23.5. The predicted molar refractivity (Wildman–Crippen MR) is 91.2 cm³/mol. The minimum absolute atomic E-state index is 0.0489. The van der Waals surface area contributed by atoms with Crippen molar-refractivity contribution in [1.82, 2.24) is 4.31 Å². The first-order valence-electron chi connectivity index (χ1n) is 8.53. The molecule has 1 saturated carbocycles. The summed E-state index contributed by atoms with van der Waals surface area (Å²) in [6.07, 6.45) is 4.85. The molecule has 0 radical (unpaired) electrons. The van der Waals surface area contributed by atoms with Gasteiger partial charge in [0.1, 0.15) is 0 Å². The van der Waals surface area contributed by atoms with E-state index < -0.39 is 16.1 Å². The lowest BCUT2D eigenvalue weighted by Crippen LogP contribution is -2.44. The standard InChI is InChI=1S/C18H25NO3S/c1-13-9-10-15(12-14(13)2)18(20)17-8-5-11-19(17)23(21,22)16-6-3-4-7-16/h9-10,12,16-17H,3-8,11H2,1-2H3. The summed E-state index contributed by atoms with van der Waals surface area (Å²) in [7, 11) is -3.35. The van der Waals surface area contributed by atoms with Crippen LogP contribution in [-0.4, -0.2) is 36.3 Å². The first kappa shape index (κ1) is 16.7. The fraction of sp³-hybridized carbons (Fsp3) is 0.611. The number of ketones is 1. The summed E-state index contributed by atoms with van der Waals surface area (Å²) in [4.78, 5) is 12.9. The minimum Gasteiger partial charge on any atom is -0.292 e. The number of nitrogens with zero attached hydrogens (tertiary/aromatic N) is 1. The van der Waals surface area contributed by atoms with Gasteiger partial charge in [0.2, 0.25) is 10.0 Å². The molecule has 0 bridgehead atoms. The molecule has 0 N–H and O–H groups in total. The highest BCUT2D eigenvalue weighted by Crippen LogP contribution is 2.32. The predicted octanol–water partition coefficient (Wildman–Crippen LogP) is 3.22. The molecule has 1 atom stereocenters. The lowest BCUT2D eigenvalue weighted by Gasteiger charge is -2.26. The number of carbonyl (C=O) groups is 1. The van der Waals surface area contributed by atoms with Crippen LogP contribution in [0.2, 0.25) is 0 Å². The van der Waals surface area contributed by atoms with Crippen molar-refractivity contribution >= 4 is 15.8 Å². The van der Waals surface area contributed by atoms with Crippen LogP contribution in [0, 0.1) is 13.8 Å². The van der Waals surface area contributed by atoms with E-state index in [9.17, 15) is 13.2 Å². The van der Waals surface area contributed by atoms with E-state index in [-0.39, 0.29) is 11.0 Å². The van der Waals surface area contributed by atoms with Crippen LogP contribution in [0.3, 0.4) is 0 Å². The molecule has 23 heavy (non-hydrogen) atoms. The maximum Gasteiger partial charge on any atom is 0.217 e. The second kappa shape index (κ2) is 6.36. The maximum absolute atomic E-state index is 12.9. The Hall–Kier alpha value is -1.20. The Morgan fingerprint density at radius 2 is 1.74 bits per heavy atom. The average molecular weight is 335 g/mol. The van der Waals surface area contributed by atoms with Crippen molar-refractivity contribution in [3.63, 3.8) is 0 Å². The lowest BCUT2D eigenvalue weighted by atomic mass is 9.99. The Labute approximate surface area is 138 Å². The van der Waals surface area contributed by atoms with Gasteiger partial charge < -0.3 is 0 Å². The first-order valence-corrected chi connectivity index (χ1v) is 10.0. The molecule has 2 fully saturated rings. The molecular formula is C18H25NO3S. The van der Waals surface area contributed by atoms with Crippen molar-refractivity contribution in [1.29, 1.82) is 0 Å². The summed E-state index contributed by atoms with van der Waals surface area (Å²) >= 11 is 0. The van der Waals surface area contributed by atoms with E-state index in [4.69, 9.17) is 0 Å². The fourth-order valence-corrected chi connectivity index (χ4v) is 6.02. The van der Waals surface area contributed by atoms with Gasteiger partial charge >= 0.3 is 0 Å². The number of carbonyl (C=O) groups excluding carboxylic acids is 1. The van der Waals surface area contributed by atoms with E-state index in [0.29, 0.717) is 18.5 Å². The molecule has 3 rings (SSSR count). The van der Waals surface area contributed by atoms with E-state index in [1.165, 1.54) is 4.31 Å². The van der Waals surface area contributed by atoms with Crippen LogP contribution in [-0.2, 0) is 10.0 Å². The van der Waals surface area contributed by atoms with E-state index in [0.717, 1.165) is 43.2 Å². The average Bonchev–Trinajstić information content (AvgIpc) is 3.21. The number of aryl methyl sites for hydroxylation is 2. The summed E-state index contributed by atoms with van der Waals surface area (Å²) < 4.78 is 27.3. The van der Waals surface area contributed by atoms with Crippen molar-refractivity contribution < 1.29 is 13.2 Å². The fourth-order valence-electron chi connectivity index (χ4n) is 3.77. The van der Waals surface area contributed by atoms with Gasteiger partial charge in [-0.2, -0.15) is 4.31 Å². The Kier molecular flexibility index (Phi) is 4.61. The van der Waals surface area contributed by atoms with Gasteiger partial charge in [0.05, 0.1) is 11.3 Å². The van der Waals surface area contributed by atoms with Crippen LogP contribution >= 0.6 is 0 Å².